The maximum atomic E-state index is 10.4. The van der Waals surface area contributed by atoms with E-state index in [2.05, 4.69) is 0 Å². The highest BCUT2D eigenvalue weighted by atomic mass is 32.2. The van der Waals surface area contributed by atoms with E-state index in [-0.39, 0.29) is 5.75 Å². The second-order valence-electron chi connectivity index (χ2n) is 3.54. The minimum atomic E-state index is -1.05. The third-order valence-electron chi connectivity index (χ3n) is 2.38. The van der Waals surface area contributed by atoms with Gasteiger partial charge >= 0.3 is 0 Å². The molecule has 0 aliphatic rings. The van der Waals surface area contributed by atoms with E-state index in [0.29, 0.717) is 0 Å². The van der Waals surface area contributed by atoms with Crippen LogP contribution in [0.3, 0.4) is 0 Å². The van der Waals surface area contributed by atoms with Gasteiger partial charge in [-0.05, 0) is 35.0 Å². The molecule has 0 saturated heterocycles. The van der Waals surface area contributed by atoms with Crippen LogP contribution in [-0.2, 0) is 4.79 Å². The fraction of sp³-hybridized carbons (Fsp3) is 0.154. The standard InChI is InChI=1S/C13H12O3S/c1-16-11-4-2-10-7-12(17-8-13(14)15)5-3-9(10)6-11/h2-7H,8H2,1H3,(H,14,15)/p-1. The average molecular weight is 247 g/mol. The van der Waals surface area contributed by atoms with Gasteiger partial charge in [-0.3, -0.25) is 0 Å². The molecule has 0 saturated carbocycles. The molecule has 3 nitrogen and oxygen atoms in total. The minimum absolute atomic E-state index is 0.0261. The van der Waals surface area contributed by atoms with Gasteiger partial charge in [0.05, 0.1) is 13.1 Å². The van der Waals surface area contributed by atoms with Crippen molar-refractivity contribution in [3.05, 3.63) is 36.4 Å². The van der Waals surface area contributed by atoms with E-state index < -0.39 is 5.97 Å². The molecule has 0 atom stereocenters. The van der Waals surface area contributed by atoms with Gasteiger partial charge in [0.1, 0.15) is 5.75 Å². The fourth-order valence-electron chi connectivity index (χ4n) is 1.56. The van der Waals surface area contributed by atoms with E-state index >= 15 is 0 Å². The molecular weight excluding hydrogens is 236 g/mol. The van der Waals surface area contributed by atoms with E-state index in [9.17, 15) is 9.90 Å². The minimum Gasteiger partial charge on any atom is -0.549 e. The Morgan fingerprint density at radius 2 is 1.94 bits per heavy atom. The lowest BCUT2D eigenvalue weighted by atomic mass is 10.1. The van der Waals surface area contributed by atoms with Crippen LogP contribution >= 0.6 is 11.8 Å². The molecule has 0 aromatic heterocycles. The SMILES string of the molecule is COc1ccc2cc(SCC(=O)[O-])ccc2c1. The molecule has 0 spiro atoms. The molecular formula is C13H11O3S-. The van der Waals surface area contributed by atoms with Crippen LogP contribution in [0.5, 0.6) is 5.75 Å². The number of ether oxygens (including phenoxy) is 1. The zero-order valence-corrected chi connectivity index (χ0v) is 10.1. The zero-order valence-electron chi connectivity index (χ0n) is 9.30. The average Bonchev–Trinajstić information content (AvgIpc) is 2.35. The van der Waals surface area contributed by atoms with Gasteiger partial charge in [-0.15, -0.1) is 11.8 Å². The molecule has 0 amide bonds. The van der Waals surface area contributed by atoms with Crippen LogP contribution in [-0.4, -0.2) is 18.8 Å². The number of carbonyl (C=O) groups is 1. The number of rotatable bonds is 4. The summed E-state index contributed by atoms with van der Waals surface area (Å²) in [6.07, 6.45) is 0. The van der Waals surface area contributed by atoms with E-state index in [0.717, 1.165) is 21.4 Å². The number of carbonyl (C=O) groups excluding carboxylic acids is 1. The maximum Gasteiger partial charge on any atom is 0.119 e. The van der Waals surface area contributed by atoms with Crippen LogP contribution < -0.4 is 9.84 Å². The third-order valence-corrected chi connectivity index (χ3v) is 3.34. The largest absolute Gasteiger partial charge is 0.549 e. The van der Waals surface area contributed by atoms with Crippen molar-refractivity contribution in [2.24, 2.45) is 0 Å². The molecule has 0 unspecified atom stereocenters. The summed E-state index contributed by atoms with van der Waals surface area (Å²) >= 11 is 1.26. The normalized spacial score (nSPS) is 10.4. The Hall–Kier alpha value is -1.68. The molecule has 0 heterocycles. The Balaban J connectivity index is 2.28. The number of fused-ring (bicyclic) bond motifs is 1. The van der Waals surface area contributed by atoms with Gasteiger partial charge in [-0.2, -0.15) is 0 Å². The molecule has 0 bridgehead atoms. The number of carboxylic acid groups (broad SMARTS) is 1. The molecule has 2 rings (SSSR count). The first-order chi connectivity index (χ1) is 8.19. The molecule has 0 aliphatic carbocycles. The molecule has 4 heteroatoms. The second kappa shape index (κ2) is 5.10. The number of aliphatic carboxylic acids is 1. The molecule has 0 radical (unpaired) electrons. The maximum absolute atomic E-state index is 10.4. The summed E-state index contributed by atoms with van der Waals surface area (Å²) in [5.41, 5.74) is 0. The van der Waals surface area contributed by atoms with Crippen LogP contribution in [0.15, 0.2) is 41.3 Å². The Morgan fingerprint density at radius 1 is 1.24 bits per heavy atom. The van der Waals surface area contributed by atoms with E-state index in [1.807, 2.05) is 36.4 Å². The van der Waals surface area contributed by atoms with E-state index in [4.69, 9.17) is 4.74 Å². The summed E-state index contributed by atoms with van der Waals surface area (Å²) in [7, 11) is 1.63. The van der Waals surface area contributed by atoms with Gasteiger partial charge in [0.25, 0.3) is 0 Å². The number of hydrogen-bond donors (Lipinski definition) is 0. The van der Waals surface area contributed by atoms with Crippen LogP contribution in [0.2, 0.25) is 0 Å². The Kier molecular flexibility index (Phi) is 3.54. The van der Waals surface area contributed by atoms with Gasteiger partial charge in [0, 0.05) is 10.6 Å². The summed E-state index contributed by atoms with van der Waals surface area (Å²) in [6.45, 7) is 0. The predicted molar refractivity (Wildman–Crippen MR) is 66.2 cm³/mol. The highest BCUT2D eigenvalue weighted by molar-refractivity contribution is 8.00. The number of benzene rings is 2. The topological polar surface area (TPSA) is 49.4 Å². The van der Waals surface area contributed by atoms with Gasteiger partial charge in [0.15, 0.2) is 0 Å². The van der Waals surface area contributed by atoms with Crippen LogP contribution in [0, 0.1) is 0 Å². The lowest BCUT2D eigenvalue weighted by molar-refractivity contribution is -0.301. The summed E-state index contributed by atoms with van der Waals surface area (Å²) in [4.78, 5) is 11.3. The Bertz CT molecular complexity index is 551. The van der Waals surface area contributed by atoms with E-state index in [1.54, 1.807) is 7.11 Å². The third kappa shape index (κ3) is 2.91. The van der Waals surface area contributed by atoms with Crippen molar-refractivity contribution >= 4 is 28.5 Å². The lowest BCUT2D eigenvalue weighted by Crippen LogP contribution is -2.24. The first-order valence-electron chi connectivity index (χ1n) is 5.09. The number of hydrogen-bond acceptors (Lipinski definition) is 4. The van der Waals surface area contributed by atoms with Gasteiger partial charge in [-0.1, -0.05) is 12.1 Å². The van der Waals surface area contributed by atoms with Gasteiger partial charge in [-0.25, -0.2) is 0 Å². The quantitative estimate of drug-likeness (QED) is 0.771. The number of thioether (sulfide) groups is 1. The monoisotopic (exact) mass is 247 g/mol. The van der Waals surface area contributed by atoms with Crippen molar-refractivity contribution in [2.75, 3.05) is 12.9 Å². The molecule has 0 N–H and O–H groups in total. The highest BCUT2D eigenvalue weighted by Gasteiger charge is 1.99. The summed E-state index contributed by atoms with van der Waals surface area (Å²) in [5.74, 6) is -0.265. The second-order valence-corrected chi connectivity index (χ2v) is 4.58. The molecule has 88 valence electrons. The first-order valence-corrected chi connectivity index (χ1v) is 6.08. The van der Waals surface area contributed by atoms with Gasteiger partial charge < -0.3 is 14.6 Å². The van der Waals surface area contributed by atoms with Crippen molar-refractivity contribution < 1.29 is 14.6 Å². The molecule has 17 heavy (non-hydrogen) atoms. The van der Waals surface area contributed by atoms with Crippen LogP contribution in [0.4, 0.5) is 0 Å². The summed E-state index contributed by atoms with van der Waals surface area (Å²) in [5, 5.41) is 12.5. The Labute approximate surface area is 103 Å². The molecule has 2 aromatic carbocycles. The highest BCUT2D eigenvalue weighted by Crippen LogP contribution is 2.26. The molecule has 2 aromatic rings. The first kappa shape index (κ1) is 11.8. The van der Waals surface area contributed by atoms with Crippen LogP contribution in [0.1, 0.15) is 0 Å². The molecule has 0 aliphatic heterocycles. The smallest absolute Gasteiger partial charge is 0.119 e. The van der Waals surface area contributed by atoms with Gasteiger partial charge in [0.2, 0.25) is 0 Å². The predicted octanol–water partition coefficient (Wildman–Crippen LogP) is 1.69. The number of carboxylic acids is 1. The van der Waals surface area contributed by atoms with Crippen molar-refractivity contribution in [2.45, 2.75) is 4.90 Å². The van der Waals surface area contributed by atoms with Crippen molar-refractivity contribution in [3.8, 4) is 5.75 Å². The summed E-state index contributed by atoms with van der Waals surface area (Å²) in [6, 6.07) is 11.6. The van der Waals surface area contributed by atoms with E-state index in [1.165, 1.54) is 11.8 Å². The zero-order chi connectivity index (χ0) is 12.3. The lowest BCUT2D eigenvalue weighted by Gasteiger charge is -2.06. The molecule has 0 fully saturated rings. The number of methoxy groups -OCH3 is 1. The van der Waals surface area contributed by atoms with Crippen molar-refractivity contribution in [1.82, 2.24) is 0 Å². The van der Waals surface area contributed by atoms with Crippen molar-refractivity contribution in [3.63, 3.8) is 0 Å². The summed E-state index contributed by atoms with van der Waals surface area (Å²) < 4.78 is 5.14. The van der Waals surface area contributed by atoms with Crippen LogP contribution in [0.25, 0.3) is 10.8 Å². The Morgan fingerprint density at radius 3 is 2.65 bits per heavy atom. The fourth-order valence-corrected chi connectivity index (χ4v) is 2.22. The van der Waals surface area contributed by atoms with Crippen molar-refractivity contribution in [1.29, 1.82) is 0 Å².